The maximum atomic E-state index is 13.6. The molecule has 0 bridgehead atoms. The Hall–Kier alpha value is -1.68. The molecule has 0 spiro atoms. The van der Waals surface area contributed by atoms with Crippen molar-refractivity contribution in [3.63, 3.8) is 0 Å². The second-order valence-electron chi connectivity index (χ2n) is 5.55. The van der Waals surface area contributed by atoms with Gasteiger partial charge in [-0.2, -0.15) is 5.10 Å². The van der Waals surface area contributed by atoms with Crippen molar-refractivity contribution in [2.24, 2.45) is 0 Å². The van der Waals surface area contributed by atoms with Gasteiger partial charge in [-0.15, -0.1) is 0 Å². The molecule has 0 aliphatic rings. The molecule has 114 valence electrons. The normalized spacial score (nSPS) is 11.3. The molecule has 0 atom stereocenters. The standard InChI is InChI=1S/C17H24FN3/c1-5-15-10-16(6-2)21(20-15)17-8-7-14(18)9-13(17)11-19-12(3)4/h7-10,12,19H,5-6,11H2,1-4H3. The predicted molar refractivity (Wildman–Crippen MR) is 84.3 cm³/mol. The zero-order chi connectivity index (χ0) is 15.4. The van der Waals surface area contributed by atoms with Gasteiger partial charge in [-0.1, -0.05) is 27.7 Å². The first-order valence-corrected chi connectivity index (χ1v) is 7.65. The Morgan fingerprint density at radius 3 is 2.57 bits per heavy atom. The van der Waals surface area contributed by atoms with E-state index in [1.807, 2.05) is 10.7 Å². The van der Waals surface area contributed by atoms with Gasteiger partial charge >= 0.3 is 0 Å². The van der Waals surface area contributed by atoms with Crippen molar-refractivity contribution in [3.05, 3.63) is 47.0 Å². The Balaban J connectivity index is 2.44. The first-order chi connectivity index (χ1) is 10.0. The van der Waals surface area contributed by atoms with Crippen LogP contribution in [0, 0.1) is 5.82 Å². The van der Waals surface area contributed by atoms with Crippen LogP contribution < -0.4 is 5.32 Å². The molecular formula is C17H24FN3. The fraction of sp³-hybridized carbons (Fsp3) is 0.471. The quantitative estimate of drug-likeness (QED) is 0.880. The molecule has 0 aliphatic carbocycles. The highest BCUT2D eigenvalue weighted by Crippen LogP contribution is 2.19. The van der Waals surface area contributed by atoms with Crippen molar-refractivity contribution in [1.82, 2.24) is 15.1 Å². The van der Waals surface area contributed by atoms with E-state index in [4.69, 9.17) is 0 Å². The summed E-state index contributed by atoms with van der Waals surface area (Å²) < 4.78 is 15.5. The SMILES string of the molecule is CCc1cc(CC)n(-c2ccc(F)cc2CNC(C)C)n1. The summed E-state index contributed by atoms with van der Waals surface area (Å²) in [5.74, 6) is -0.208. The first-order valence-electron chi connectivity index (χ1n) is 7.65. The van der Waals surface area contributed by atoms with E-state index in [9.17, 15) is 4.39 Å². The predicted octanol–water partition coefficient (Wildman–Crippen LogP) is 3.63. The summed E-state index contributed by atoms with van der Waals surface area (Å²) in [6.07, 6.45) is 1.81. The average Bonchev–Trinajstić information content (AvgIpc) is 2.88. The van der Waals surface area contributed by atoms with Crippen LogP contribution in [-0.2, 0) is 19.4 Å². The molecule has 0 saturated heterocycles. The van der Waals surface area contributed by atoms with Crippen LogP contribution in [0.15, 0.2) is 24.3 Å². The van der Waals surface area contributed by atoms with Crippen molar-refractivity contribution in [2.75, 3.05) is 0 Å². The van der Waals surface area contributed by atoms with Gasteiger partial charge in [0.1, 0.15) is 5.82 Å². The molecule has 0 radical (unpaired) electrons. The number of hydrogen-bond donors (Lipinski definition) is 1. The van der Waals surface area contributed by atoms with Gasteiger partial charge in [0.25, 0.3) is 0 Å². The Bertz CT molecular complexity index is 602. The maximum Gasteiger partial charge on any atom is 0.123 e. The second-order valence-corrected chi connectivity index (χ2v) is 5.55. The highest BCUT2D eigenvalue weighted by molar-refractivity contribution is 5.42. The summed E-state index contributed by atoms with van der Waals surface area (Å²) in [4.78, 5) is 0. The van der Waals surface area contributed by atoms with Gasteiger partial charge in [0.15, 0.2) is 0 Å². The zero-order valence-electron chi connectivity index (χ0n) is 13.3. The lowest BCUT2D eigenvalue weighted by Gasteiger charge is -2.14. The lowest BCUT2D eigenvalue weighted by Crippen LogP contribution is -2.23. The third-order valence-electron chi connectivity index (χ3n) is 3.53. The maximum absolute atomic E-state index is 13.6. The van der Waals surface area contributed by atoms with E-state index in [0.717, 1.165) is 35.5 Å². The van der Waals surface area contributed by atoms with E-state index in [2.05, 4.69) is 44.2 Å². The molecule has 0 fully saturated rings. The fourth-order valence-electron chi connectivity index (χ4n) is 2.32. The third-order valence-corrected chi connectivity index (χ3v) is 3.53. The van der Waals surface area contributed by atoms with Crippen molar-refractivity contribution in [1.29, 1.82) is 0 Å². The van der Waals surface area contributed by atoms with Gasteiger partial charge in [0, 0.05) is 18.3 Å². The van der Waals surface area contributed by atoms with Gasteiger partial charge in [0.2, 0.25) is 0 Å². The Kier molecular flexibility index (Phi) is 5.12. The highest BCUT2D eigenvalue weighted by Gasteiger charge is 2.12. The smallest absolute Gasteiger partial charge is 0.123 e. The number of aromatic nitrogens is 2. The number of nitrogens with zero attached hydrogens (tertiary/aromatic N) is 2. The summed E-state index contributed by atoms with van der Waals surface area (Å²) in [6.45, 7) is 9.01. The van der Waals surface area contributed by atoms with Crippen LogP contribution in [0.3, 0.4) is 0 Å². The van der Waals surface area contributed by atoms with Crippen LogP contribution >= 0.6 is 0 Å². The van der Waals surface area contributed by atoms with Crippen LogP contribution in [0.1, 0.15) is 44.6 Å². The van der Waals surface area contributed by atoms with Crippen molar-refractivity contribution < 1.29 is 4.39 Å². The van der Waals surface area contributed by atoms with Crippen molar-refractivity contribution in [3.8, 4) is 5.69 Å². The van der Waals surface area contributed by atoms with E-state index in [1.54, 1.807) is 6.07 Å². The molecule has 2 aromatic rings. The topological polar surface area (TPSA) is 29.9 Å². The summed E-state index contributed by atoms with van der Waals surface area (Å²) >= 11 is 0. The molecule has 1 heterocycles. The van der Waals surface area contributed by atoms with Crippen molar-refractivity contribution >= 4 is 0 Å². The minimum atomic E-state index is -0.208. The minimum Gasteiger partial charge on any atom is -0.310 e. The first kappa shape index (κ1) is 15.7. The van der Waals surface area contributed by atoms with Gasteiger partial charge in [-0.25, -0.2) is 9.07 Å². The molecule has 0 saturated carbocycles. The molecule has 0 aliphatic heterocycles. The molecule has 0 unspecified atom stereocenters. The zero-order valence-corrected chi connectivity index (χ0v) is 13.3. The van der Waals surface area contributed by atoms with Gasteiger partial charge in [-0.3, -0.25) is 0 Å². The number of hydrogen-bond acceptors (Lipinski definition) is 2. The minimum absolute atomic E-state index is 0.208. The van der Waals surface area contributed by atoms with Gasteiger partial charge in [0.05, 0.1) is 11.4 Å². The van der Waals surface area contributed by atoms with Gasteiger partial charge in [-0.05, 0) is 42.7 Å². The summed E-state index contributed by atoms with van der Waals surface area (Å²) in [5, 5.41) is 8.00. The molecule has 2 rings (SSSR count). The number of nitrogens with one attached hydrogen (secondary N) is 1. The van der Waals surface area contributed by atoms with E-state index in [-0.39, 0.29) is 5.82 Å². The summed E-state index contributed by atoms with van der Waals surface area (Å²) in [5.41, 5.74) is 4.12. The van der Waals surface area contributed by atoms with Crippen LogP contribution in [0.25, 0.3) is 5.69 Å². The number of rotatable bonds is 6. The Labute approximate surface area is 126 Å². The number of aryl methyl sites for hydroxylation is 2. The molecule has 21 heavy (non-hydrogen) atoms. The van der Waals surface area contributed by atoms with Crippen LogP contribution in [0.2, 0.25) is 0 Å². The highest BCUT2D eigenvalue weighted by atomic mass is 19.1. The summed E-state index contributed by atoms with van der Waals surface area (Å²) in [6, 6.07) is 7.40. The van der Waals surface area contributed by atoms with E-state index >= 15 is 0 Å². The summed E-state index contributed by atoms with van der Waals surface area (Å²) in [7, 11) is 0. The van der Waals surface area contributed by atoms with Crippen LogP contribution in [0.4, 0.5) is 4.39 Å². The fourth-order valence-corrected chi connectivity index (χ4v) is 2.32. The third kappa shape index (κ3) is 3.70. The molecule has 1 N–H and O–H groups in total. The lowest BCUT2D eigenvalue weighted by molar-refractivity contribution is 0.578. The van der Waals surface area contributed by atoms with Gasteiger partial charge < -0.3 is 5.32 Å². The molecule has 1 aromatic carbocycles. The van der Waals surface area contributed by atoms with Crippen LogP contribution in [-0.4, -0.2) is 15.8 Å². The Morgan fingerprint density at radius 2 is 1.95 bits per heavy atom. The largest absolute Gasteiger partial charge is 0.310 e. The van der Waals surface area contributed by atoms with E-state index < -0.39 is 0 Å². The molecule has 4 heteroatoms. The molecule has 1 aromatic heterocycles. The van der Waals surface area contributed by atoms with E-state index in [0.29, 0.717) is 12.6 Å². The lowest BCUT2D eigenvalue weighted by atomic mass is 10.1. The monoisotopic (exact) mass is 289 g/mol. The number of halogens is 1. The van der Waals surface area contributed by atoms with Crippen molar-refractivity contribution in [2.45, 2.75) is 53.1 Å². The van der Waals surface area contributed by atoms with E-state index in [1.165, 1.54) is 6.07 Å². The average molecular weight is 289 g/mol. The molecular weight excluding hydrogens is 265 g/mol. The molecule has 0 amide bonds. The molecule has 3 nitrogen and oxygen atoms in total. The Morgan fingerprint density at radius 1 is 1.19 bits per heavy atom. The number of benzene rings is 1. The second kappa shape index (κ2) is 6.85. The van der Waals surface area contributed by atoms with Crippen LogP contribution in [0.5, 0.6) is 0 Å².